The lowest BCUT2D eigenvalue weighted by molar-refractivity contribution is -0.196. The van der Waals surface area contributed by atoms with Crippen LogP contribution in [0.1, 0.15) is 0 Å². The van der Waals surface area contributed by atoms with Gasteiger partial charge in [-0.05, 0) is 0 Å². The molecule has 0 unspecified atom stereocenters. The molecule has 0 atom stereocenters. The minimum atomic E-state index is -0.384. The van der Waals surface area contributed by atoms with E-state index in [-0.39, 0.29) is 18.0 Å². The second-order valence-electron chi connectivity index (χ2n) is 5.05. The number of carbonyl (C=O) groups is 1. The highest BCUT2D eigenvalue weighted by Gasteiger charge is 2.01. The molecule has 0 aliphatic carbocycles. The van der Waals surface area contributed by atoms with Crippen LogP contribution in [-0.4, -0.2) is 95.9 Å². The number of aliphatic imine (C=N–C) groups is 2. The lowest BCUT2D eigenvalue weighted by atomic mass is 11.1. The number of hydrogen-bond donors (Lipinski definition) is 3. The predicted octanol–water partition coefficient (Wildman–Crippen LogP) is 5.63. The number of thioether (sulfide) groups is 9. The molecule has 20 heteroatoms. The lowest BCUT2D eigenvalue weighted by Gasteiger charge is -2.07. The van der Waals surface area contributed by atoms with E-state index in [0.29, 0.717) is 29.5 Å². The summed E-state index contributed by atoms with van der Waals surface area (Å²) in [6.45, 7) is 0. The van der Waals surface area contributed by atoms with Crippen molar-refractivity contribution in [1.29, 1.82) is 0 Å². The molecule has 0 saturated heterocycles. The zero-order valence-electron chi connectivity index (χ0n) is 19.3. The summed E-state index contributed by atoms with van der Waals surface area (Å²) in [5.41, 5.74) is 0. The second kappa shape index (κ2) is 34.6. The van der Waals surface area contributed by atoms with Gasteiger partial charge in [0.25, 0.3) is 0 Å². The van der Waals surface area contributed by atoms with E-state index in [2.05, 4.69) is 27.9 Å². The van der Waals surface area contributed by atoms with Crippen molar-refractivity contribution in [3.05, 3.63) is 0 Å². The highest BCUT2D eigenvalue weighted by atomic mass is 32.3. The molecular weight excluding hydrogens is 667 g/mol. The van der Waals surface area contributed by atoms with Gasteiger partial charge >= 0.3 is 6.09 Å². The average Bonchev–Trinajstić information content (AvgIpc) is 2.88. The van der Waals surface area contributed by atoms with Crippen molar-refractivity contribution in [2.24, 2.45) is 9.98 Å². The van der Waals surface area contributed by atoms with Crippen LogP contribution in [0.2, 0.25) is 0 Å². The molecule has 0 aromatic rings. The number of alkyl carbamates (subject to hydrolysis) is 1. The fourth-order valence-electron chi connectivity index (χ4n) is 1.29. The molecule has 0 aliphatic heterocycles. The Morgan fingerprint density at radius 3 is 1.97 bits per heavy atom. The van der Waals surface area contributed by atoms with Crippen LogP contribution in [0.25, 0.3) is 0 Å². The van der Waals surface area contributed by atoms with Crippen LogP contribution in [-0.2, 0) is 24.3 Å². The molecular formula is C16H31N3O7S10. The highest BCUT2D eigenvalue weighted by Crippen LogP contribution is 2.22. The van der Waals surface area contributed by atoms with E-state index < -0.39 is 0 Å². The summed E-state index contributed by atoms with van der Waals surface area (Å²) in [7, 11) is 0. The number of hydrogen-bond acceptors (Lipinski definition) is 19. The monoisotopic (exact) mass is 697 g/mol. The summed E-state index contributed by atoms with van der Waals surface area (Å²) in [5.74, 6) is 2.55. The molecule has 2 N–H and O–H groups in total. The third-order valence-corrected chi connectivity index (χ3v) is 12.4. The minimum absolute atomic E-state index is 0.00336. The molecule has 0 aromatic heterocycles. The first kappa shape index (κ1) is 37.6. The number of carbonyl (C=O) groups excluding carboxylic acids is 1. The summed E-state index contributed by atoms with van der Waals surface area (Å²) in [6.07, 6.45) is 2.11. The number of aliphatic hydroxyl groups is 1. The van der Waals surface area contributed by atoms with Crippen molar-refractivity contribution in [2.45, 2.75) is 0 Å². The van der Waals surface area contributed by atoms with Crippen molar-refractivity contribution in [3.63, 3.8) is 0 Å². The normalized spacial score (nSPS) is 11.4. The molecule has 10 nitrogen and oxygen atoms in total. The van der Waals surface area contributed by atoms with Crippen molar-refractivity contribution in [1.82, 2.24) is 5.32 Å². The van der Waals surface area contributed by atoms with Crippen molar-refractivity contribution in [2.75, 3.05) is 71.9 Å². The second-order valence-corrected chi connectivity index (χ2v) is 16.2. The summed E-state index contributed by atoms with van der Waals surface area (Å²) in [5, 5.41) is 16.8. The first-order chi connectivity index (χ1) is 17.8. The third kappa shape index (κ3) is 33.6. The fourth-order valence-corrected chi connectivity index (χ4v) is 9.80. The van der Waals surface area contributed by atoms with Gasteiger partial charge < -0.3 is 24.9 Å². The number of aliphatic hydroxyl groups excluding tert-OH is 1. The van der Waals surface area contributed by atoms with Gasteiger partial charge in [-0.2, -0.15) is 22.4 Å². The van der Waals surface area contributed by atoms with E-state index in [9.17, 15) is 4.79 Å². The summed E-state index contributed by atoms with van der Waals surface area (Å²) in [6, 6.07) is 0. The smallest absolute Gasteiger partial charge is 0.408 e. The molecule has 0 radical (unpaired) electrons. The van der Waals surface area contributed by atoms with Crippen LogP contribution >= 0.6 is 118 Å². The lowest BCUT2D eigenvalue weighted by Crippen LogP contribution is -2.23. The van der Waals surface area contributed by atoms with Crippen LogP contribution in [0, 0.1) is 0 Å². The van der Waals surface area contributed by atoms with Gasteiger partial charge in [0.2, 0.25) is 12.8 Å². The van der Waals surface area contributed by atoms with E-state index in [0.717, 1.165) is 30.5 Å². The Labute approximate surface area is 256 Å². The van der Waals surface area contributed by atoms with Crippen LogP contribution in [0.3, 0.4) is 0 Å². The van der Waals surface area contributed by atoms with Gasteiger partial charge in [0.15, 0.2) is 0 Å². The zero-order valence-corrected chi connectivity index (χ0v) is 27.5. The molecule has 0 fully saturated rings. The summed E-state index contributed by atoms with van der Waals surface area (Å²) < 4.78 is 5.14. The predicted molar refractivity (Wildman–Crippen MR) is 174 cm³/mol. The van der Waals surface area contributed by atoms with Crippen LogP contribution < -0.4 is 5.32 Å². The van der Waals surface area contributed by atoms with Gasteiger partial charge in [-0.3, -0.25) is 0 Å². The molecule has 0 saturated carbocycles. The average molecular weight is 698 g/mol. The van der Waals surface area contributed by atoms with E-state index in [4.69, 9.17) is 29.4 Å². The summed E-state index contributed by atoms with van der Waals surface area (Å²) in [4.78, 5) is 38.4. The SMILES string of the molecule is O=C(NCSCSCSCSC/N=C/OOCSCO)OCSCSCSCSCOO/C=N/CS. The number of ether oxygens (including phenoxy) is 1. The molecule has 0 aliphatic rings. The Morgan fingerprint density at radius 2 is 1.31 bits per heavy atom. The van der Waals surface area contributed by atoms with E-state index >= 15 is 0 Å². The Balaban J connectivity index is 3.19. The number of nitrogens with zero attached hydrogens (tertiary/aromatic N) is 2. The maximum Gasteiger partial charge on any atom is 0.408 e. The molecule has 212 valence electrons. The van der Waals surface area contributed by atoms with Gasteiger partial charge in [-0.25, -0.2) is 14.8 Å². The van der Waals surface area contributed by atoms with E-state index in [1.165, 1.54) is 24.6 Å². The largest absolute Gasteiger partial charge is 0.438 e. The standard InChI is InChI=1S/C16H31N3O7S10/c20-6-30-8-25-24-2-18-4-28-10-33-14-34-11-29-5-19-16(21)22-7-31-12-35-15-36-13-32-9-26-23-1-17-3-27/h1-2,20,27H,3-15H2,(H,19,21)/b17-1+,18-2+. The van der Waals surface area contributed by atoms with Gasteiger partial charge in [0, 0.05) is 30.5 Å². The van der Waals surface area contributed by atoms with Crippen molar-refractivity contribution < 1.29 is 34.2 Å². The maximum atomic E-state index is 11.6. The molecule has 0 heterocycles. The number of nitrogens with one attached hydrogen (secondary N) is 1. The topological polar surface area (TPSA) is 120 Å². The number of amides is 1. The molecule has 0 bridgehead atoms. The van der Waals surface area contributed by atoms with Gasteiger partial charge in [-0.1, -0.05) is 0 Å². The van der Waals surface area contributed by atoms with E-state index in [1.807, 2.05) is 11.8 Å². The highest BCUT2D eigenvalue weighted by molar-refractivity contribution is 8.26. The zero-order chi connectivity index (χ0) is 26.2. The first-order valence-corrected chi connectivity index (χ1v) is 20.7. The Kier molecular flexibility index (Phi) is 36.1. The van der Waals surface area contributed by atoms with Gasteiger partial charge in [0.1, 0.15) is 17.8 Å². The first-order valence-electron chi connectivity index (χ1n) is 9.66. The van der Waals surface area contributed by atoms with Gasteiger partial charge in [0.05, 0.1) is 23.6 Å². The molecule has 0 rings (SSSR count). The molecule has 0 aromatic carbocycles. The van der Waals surface area contributed by atoms with Crippen molar-refractivity contribution in [3.8, 4) is 0 Å². The fraction of sp³-hybridized carbons (Fsp3) is 0.812. The molecule has 0 spiro atoms. The minimum Gasteiger partial charge on any atom is -0.438 e. The van der Waals surface area contributed by atoms with Crippen LogP contribution in [0.4, 0.5) is 4.79 Å². The number of rotatable bonds is 28. The quantitative estimate of drug-likeness (QED) is 0.0178. The maximum absolute atomic E-state index is 11.6. The Bertz CT molecular complexity index is 533. The molecule has 36 heavy (non-hydrogen) atoms. The van der Waals surface area contributed by atoms with E-state index in [1.54, 1.807) is 82.3 Å². The van der Waals surface area contributed by atoms with Crippen LogP contribution in [0.15, 0.2) is 9.98 Å². The van der Waals surface area contributed by atoms with Gasteiger partial charge in [-0.15, -0.1) is 106 Å². The van der Waals surface area contributed by atoms with Crippen LogP contribution in [0.5, 0.6) is 0 Å². The Morgan fingerprint density at radius 1 is 0.750 bits per heavy atom. The number of thiol groups is 1. The molecule has 1 amide bonds. The third-order valence-electron chi connectivity index (χ3n) is 2.56. The Hall–Kier alpha value is 1.59. The summed E-state index contributed by atoms with van der Waals surface area (Å²) >= 11 is 18.8. The van der Waals surface area contributed by atoms with Crippen molar-refractivity contribution >= 4 is 137 Å².